The second kappa shape index (κ2) is 13.8. The Morgan fingerprint density at radius 3 is 2.38 bits per heavy atom. The Kier molecular flexibility index (Phi) is 13.0. The van der Waals surface area contributed by atoms with Crippen LogP contribution in [0.5, 0.6) is 0 Å². The van der Waals surface area contributed by atoms with Crippen molar-refractivity contribution in [2.75, 3.05) is 20.7 Å². The summed E-state index contributed by atoms with van der Waals surface area (Å²) in [4.78, 5) is 12.1. The summed E-state index contributed by atoms with van der Waals surface area (Å²) >= 11 is 0. The number of ether oxygens (including phenoxy) is 1. The zero-order valence-electron chi connectivity index (χ0n) is 17.9. The molecule has 0 aliphatic heterocycles. The van der Waals surface area contributed by atoms with Crippen LogP contribution in [0.2, 0.25) is 0 Å². The Morgan fingerprint density at radius 1 is 1.23 bits per heavy atom. The van der Waals surface area contributed by atoms with Crippen LogP contribution in [0.3, 0.4) is 0 Å². The van der Waals surface area contributed by atoms with Crippen LogP contribution in [-0.4, -0.2) is 38.8 Å². The van der Waals surface area contributed by atoms with Gasteiger partial charge in [0.1, 0.15) is 0 Å². The number of amides is 1. The molecule has 1 amide bonds. The van der Waals surface area contributed by atoms with Gasteiger partial charge in [-0.3, -0.25) is 4.79 Å². The molecule has 3 atom stereocenters. The Bertz CT molecular complexity index is 490. The van der Waals surface area contributed by atoms with E-state index in [1.165, 1.54) is 5.57 Å². The monoisotopic (exact) mass is 364 g/mol. The van der Waals surface area contributed by atoms with Crippen LogP contribution in [0.25, 0.3) is 0 Å². The quantitative estimate of drug-likeness (QED) is 0.376. The molecule has 0 spiro atoms. The first kappa shape index (κ1) is 24.6. The van der Waals surface area contributed by atoms with E-state index in [1.807, 2.05) is 20.9 Å². The zero-order chi connectivity index (χ0) is 20.1. The van der Waals surface area contributed by atoms with Gasteiger partial charge in [0.25, 0.3) is 0 Å². The van der Waals surface area contributed by atoms with Gasteiger partial charge in [0, 0.05) is 25.8 Å². The van der Waals surface area contributed by atoms with Gasteiger partial charge in [-0.05, 0) is 58.6 Å². The maximum atomic E-state index is 12.1. The summed E-state index contributed by atoms with van der Waals surface area (Å²) in [6, 6.07) is 0.251. The molecule has 0 rings (SSSR count). The van der Waals surface area contributed by atoms with Crippen LogP contribution in [-0.2, 0) is 9.53 Å². The van der Waals surface area contributed by atoms with Gasteiger partial charge >= 0.3 is 0 Å². The summed E-state index contributed by atoms with van der Waals surface area (Å²) in [5.74, 6) is 0.415. The fourth-order valence-electron chi connectivity index (χ4n) is 3.08. The van der Waals surface area contributed by atoms with Crippen molar-refractivity contribution < 1.29 is 9.53 Å². The van der Waals surface area contributed by atoms with E-state index >= 15 is 0 Å². The van der Waals surface area contributed by atoms with Crippen molar-refractivity contribution in [3.8, 4) is 0 Å². The highest BCUT2D eigenvalue weighted by Crippen LogP contribution is 2.26. The SMILES string of the molecule is C=C(CC(CCC)/C(C)=C\CNC(=O)/C=C(\C)C(CC)NC)C(C)OC. The average molecular weight is 365 g/mol. The first-order chi connectivity index (χ1) is 12.3. The zero-order valence-corrected chi connectivity index (χ0v) is 17.9. The highest BCUT2D eigenvalue weighted by molar-refractivity contribution is 5.88. The second-order valence-electron chi connectivity index (χ2n) is 7.06. The minimum Gasteiger partial charge on any atom is -0.377 e. The first-order valence-corrected chi connectivity index (χ1v) is 9.80. The van der Waals surface area contributed by atoms with E-state index in [0.29, 0.717) is 12.5 Å². The highest BCUT2D eigenvalue weighted by atomic mass is 16.5. The van der Waals surface area contributed by atoms with Crippen molar-refractivity contribution in [2.24, 2.45) is 5.92 Å². The molecule has 0 aromatic heterocycles. The third kappa shape index (κ3) is 9.35. The molecule has 2 N–H and O–H groups in total. The lowest BCUT2D eigenvalue weighted by Crippen LogP contribution is -2.28. The molecule has 0 bridgehead atoms. The predicted molar refractivity (Wildman–Crippen MR) is 112 cm³/mol. The normalized spacial score (nSPS) is 16.1. The third-order valence-corrected chi connectivity index (χ3v) is 5.08. The van der Waals surface area contributed by atoms with E-state index in [4.69, 9.17) is 4.74 Å². The molecule has 0 radical (unpaired) electrons. The number of hydrogen-bond acceptors (Lipinski definition) is 3. The predicted octanol–water partition coefficient (Wildman–Crippen LogP) is 4.39. The number of likely N-dealkylation sites (N-methyl/N-ethyl adjacent to an activating group) is 1. The van der Waals surface area contributed by atoms with Crippen molar-refractivity contribution >= 4 is 5.91 Å². The number of carbonyl (C=O) groups is 1. The number of nitrogens with one attached hydrogen (secondary N) is 2. The van der Waals surface area contributed by atoms with Gasteiger partial charge in [-0.25, -0.2) is 0 Å². The van der Waals surface area contributed by atoms with Gasteiger partial charge in [-0.1, -0.05) is 44.1 Å². The number of hydrogen-bond donors (Lipinski definition) is 2. The van der Waals surface area contributed by atoms with Gasteiger partial charge in [-0.2, -0.15) is 0 Å². The highest BCUT2D eigenvalue weighted by Gasteiger charge is 2.15. The van der Waals surface area contributed by atoms with Crippen molar-refractivity contribution in [3.05, 3.63) is 35.5 Å². The van der Waals surface area contributed by atoms with Crippen molar-refractivity contribution in [1.29, 1.82) is 0 Å². The molecule has 0 saturated heterocycles. The Morgan fingerprint density at radius 2 is 1.88 bits per heavy atom. The molecule has 4 heteroatoms. The summed E-state index contributed by atoms with van der Waals surface area (Å²) in [6.07, 6.45) is 8.04. The summed E-state index contributed by atoms with van der Waals surface area (Å²) in [6.45, 7) is 15.2. The minimum absolute atomic E-state index is 0.0373. The number of methoxy groups -OCH3 is 1. The molecule has 0 aliphatic carbocycles. The van der Waals surface area contributed by atoms with Crippen molar-refractivity contribution in [1.82, 2.24) is 10.6 Å². The summed E-state index contributed by atoms with van der Waals surface area (Å²) < 4.78 is 5.37. The molecule has 0 aliphatic rings. The van der Waals surface area contributed by atoms with Gasteiger partial charge in [-0.15, -0.1) is 0 Å². The molecule has 0 saturated carbocycles. The lowest BCUT2D eigenvalue weighted by atomic mass is 9.87. The standard InChI is InChI=1S/C22H40N2O2/c1-9-11-20(14-17(4)19(6)26-8)16(3)12-13-24-22(25)15-18(5)21(10-2)23-7/h12,15,19-21,23H,4,9-11,13-14H2,1-3,5-8H3,(H,24,25)/b16-12-,18-15+. The summed E-state index contributed by atoms with van der Waals surface area (Å²) in [5.41, 5.74) is 3.49. The van der Waals surface area contributed by atoms with E-state index in [0.717, 1.165) is 36.8 Å². The third-order valence-electron chi connectivity index (χ3n) is 5.08. The van der Waals surface area contributed by atoms with Crippen LogP contribution in [0, 0.1) is 5.92 Å². The van der Waals surface area contributed by atoms with Crippen molar-refractivity contribution in [3.63, 3.8) is 0 Å². The van der Waals surface area contributed by atoms with Crippen LogP contribution in [0.15, 0.2) is 35.5 Å². The maximum absolute atomic E-state index is 12.1. The smallest absolute Gasteiger partial charge is 0.244 e. The molecule has 3 unspecified atom stereocenters. The van der Waals surface area contributed by atoms with E-state index < -0.39 is 0 Å². The molecular formula is C22H40N2O2. The van der Waals surface area contributed by atoms with Crippen LogP contribution in [0.1, 0.15) is 60.3 Å². The van der Waals surface area contributed by atoms with Crippen LogP contribution < -0.4 is 10.6 Å². The average Bonchev–Trinajstić information content (AvgIpc) is 2.61. The van der Waals surface area contributed by atoms with Crippen LogP contribution >= 0.6 is 0 Å². The first-order valence-electron chi connectivity index (χ1n) is 9.80. The Labute approximate surface area is 161 Å². The van der Waals surface area contributed by atoms with E-state index in [1.54, 1.807) is 13.2 Å². The molecule has 0 aromatic carbocycles. The molecule has 150 valence electrons. The topological polar surface area (TPSA) is 50.4 Å². The number of carbonyl (C=O) groups excluding carboxylic acids is 1. The molecular weight excluding hydrogens is 324 g/mol. The summed E-state index contributed by atoms with van der Waals surface area (Å²) in [5, 5.41) is 6.18. The van der Waals surface area contributed by atoms with Gasteiger partial charge in [0.05, 0.1) is 6.10 Å². The fraction of sp³-hybridized carbons (Fsp3) is 0.682. The number of rotatable bonds is 13. The summed E-state index contributed by atoms with van der Waals surface area (Å²) in [7, 11) is 3.64. The maximum Gasteiger partial charge on any atom is 0.244 e. The Hall–Kier alpha value is -1.39. The molecule has 26 heavy (non-hydrogen) atoms. The minimum atomic E-state index is -0.0373. The molecule has 0 aromatic rings. The number of allylic oxidation sites excluding steroid dienone is 1. The lowest BCUT2D eigenvalue weighted by molar-refractivity contribution is -0.116. The lowest BCUT2D eigenvalue weighted by Gasteiger charge is -2.21. The van der Waals surface area contributed by atoms with E-state index in [2.05, 4.69) is 44.1 Å². The van der Waals surface area contributed by atoms with Crippen LogP contribution in [0.4, 0.5) is 0 Å². The Balaban J connectivity index is 4.73. The largest absolute Gasteiger partial charge is 0.377 e. The van der Waals surface area contributed by atoms with Gasteiger partial charge in [0.2, 0.25) is 5.91 Å². The second-order valence-corrected chi connectivity index (χ2v) is 7.06. The fourth-order valence-corrected chi connectivity index (χ4v) is 3.08. The van der Waals surface area contributed by atoms with E-state index in [-0.39, 0.29) is 18.1 Å². The molecule has 0 heterocycles. The molecule has 4 nitrogen and oxygen atoms in total. The van der Waals surface area contributed by atoms with E-state index in [9.17, 15) is 4.79 Å². The van der Waals surface area contributed by atoms with Crippen molar-refractivity contribution in [2.45, 2.75) is 72.4 Å². The van der Waals surface area contributed by atoms with Gasteiger partial charge < -0.3 is 15.4 Å². The molecule has 0 fully saturated rings. The van der Waals surface area contributed by atoms with Gasteiger partial charge in [0.15, 0.2) is 0 Å².